The molecule has 1 N–H and O–H groups in total. The monoisotopic (exact) mass is 292 g/mol. The molecule has 110 valence electrons. The highest BCUT2D eigenvalue weighted by Crippen LogP contribution is 2.22. The molecule has 1 aromatic carbocycles. The van der Waals surface area contributed by atoms with Gasteiger partial charge in [0.2, 0.25) is 0 Å². The van der Waals surface area contributed by atoms with E-state index in [1.54, 1.807) is 11.8 Å². The van der Waals surface area contributed by atoms with Gasteiger partial charge in [-0.25, -0.2) is 0 Å². The maximum absolute atomic E-state index is 12.7. The van der Waals surface area contributed by atoms with E-state index in [1.165, 1.54) is 12.8 Å². The number of carbonyl (C=O) groups is 1. The number of benzene rings is 1. The first-order chi connectivity index (χ1) is 9.76. The summed E-state index contributed by atoms with van der Waals surface area (Å²) < 4.78 is 0. The molecule has 0 bridgehead atoms. The van der Waals surface area contributed by atoms with Gasteiger partial charge in [-0.1, -0.05) is 12.1 Å². The second-order valence-corrected chi connectivity index (χ2v) is 6.09. The number of amides is 1. The second-order valence-electron chi connectivity index (χ2n) is 5.24. The van der Waals surface area contributed by atoms with Crippen molar-refractivity contribution in [3.63, 3.8) is 0 Å². The summed E-state index contributed by atoms with van der Waals surface area (Å²) in [5.74, 6) is 0.817. The first kappa shape index (κ1) is 15.4. The molecule has 0 aliphatic carbocycles. The Bertz CT molecular complexity index is 444. The molecule has 1 aliphatic heterocycles. The van der Waals surface area contributed by atoms with E-state index >= 15 is 0 Å². The smallest absolute Gasteiger partial charge is 0.254 e. The number of thioether (sulfide) groups is 1. The molecule has 1 amide bonds. The van der Waals surface area contributed by atoms with Crippen LogP contribution in [0, 0.1) is 5.92 Å². The van der Waals surface area contributed by atoms with Gasteiger partial charge in [0, 0.05) is 18.0 Å². The zero-order chi connectivity index (χ0) is 14.4. The molecule has 0 radical (unpaired) electrons. The quantitative estimate of drug-likeness (QED) is 0.847. The van der Waals surface area contributed by atoms with Crippen LogP contribution < -0.4 is 5.32 Å². The summed E-state index contributed by atoms with van der Waals surface area (Å²) in [6.07, 6.45) is 4.37. The van der Waals surface area contributed by atoms with Crippen molar-refractivity contribution in [2.75, 3.05) is 32.4 Å². The zero-order valence-electron chi connectivity index (χ0n) is 12.4. The number of hydrogen-bond donors (Lipinski definition) is 1. The number of carbonyl (C=O) groups excluding carboxylic acids is 1. The molecule has 0 saturated carbocycles. The molecule has 1 aliphatic rings. The molecule has 3 nitrogen and oxygen atoms in total. The molecule has 1 heterocycles. The van der Waals surface area contributed by atoms with Crippen LogP contribution >= 0.6 is 11.8 Å². The Balaban J connectivity index is 2.07. The number of hydrogen-bond acceptors (Lipinski definition) is 3. The van der Waals surface area contributed by atoms with E-state index in [-0.39, 0.29) is 5.91 Å². The molecule has 0 spiro atoms. The van der Waals surface area contributed by atoms with Gasteiger partial charge in [0.25, 0.3) is 5.91 Å². The Morgan fingerprint density at radius 1 is 1.35 bits per heavy atom. The Labute approximate surface area is 126 Å². The van der Waals surface area contributed by atoms with Crippen LogP contribution in [0.3, 0.4) is 0 Å². The van der Waals surface area contributed by atoms with Crippen LogP contribution in [0.5, 0.6) is 0 Å². The SMILES string of the molecule is CCN(CC1CCNCC1)C(=O)c1ccccc1SC. The Kier molecular flexibility index (Phi) is 5.92. The molecule has 4 heteroatoms. The largest absolute Gasteiger partial charge is 0.339 e. The summed E-state index contributed by atoms with van der Waals surface area (Å²) in [5, 5.41) is 3.38. The number of nitrogens with one attached hydrogen (secondary N) is 1. The molecular formula is C16H24N2OS. The van der Waals surface area contributed by atoms with Crippen LogP contribution in [0.1, 0.15) is 30.1 Å². The minimum atomic E-state index is 0.177. The van der Waals surface area contributed by atoms with E-state index in [9.17, 15) is 4.79 Å². The zero-order valence-corrected chi connectivity index (χ0v) is 13.2. The molecular weight excluding hydrogens is 268 g/mol. The Morgan fingerprint density at radius 2 is 2.05 bits per heavy atom. The highest BCUT2D eigenvalue weighted by Gasteiger charge is 2.21. The topological polar surface area (TPSA) is 32.3 Å². The minimum Gasteiger partial charge on any atom is -0.339 e. The average molecular weight is 292 g/mol. The number of rotatable bonds is 5. The van der Waals surface area contributed by atoms with Crippen LogP contribution in [0.2, 0.25) is 0 Å². The predicted molar refractivity (Wildman–Crippen MR) is 85.4 cm³/mol. The van der Waals surface area contributed by atoms with E-state index in [0.717, 1.165) is 36.6 Å². The van der Waals surface area contributed by atoms with Crippen molar-refractivity contribution < 1.29 is 4.79 Å². The van der Waals surface area contributed by atoms with Crippen LogP contribution in [-0.4, -0.2) is 43.2 Å². The van der Waals surface area contributed by atoms with Gasteiger partial charge < -0.3 is 10.2 Å². The summed E-state index contributed by atoms with van der Waals surface area (Å²) in [4.78, 5) is 15.8. The Morgan fingerprint density at radius 3 is 2.70 bits per heavy atom. The van der Waals surface area contributed by atoms with Gasteiger partial charge in [0.05, 0.1) is 5.56 Å². The van der Waals surface area contributed by atoms with Crippen LogP contribution in [0.25, 0.3) is 0 Å². The lowest BCUT2D eigenvalue weighted by Crippen LogP contribution is -2.39. The third-order valence-electron chi connectivity index (χ3n) is 3.94. The normalized spacial score (nSPS) is 16.1. The lowest BCUT2D eigenvalue weighted by Gasteiger charge is -2.29. The van der Waals surface area contributed by atoms with Crippen LogP contribution in [0.4, 0.5) is 0 Å². The molecule has 2 rings (SSSR count). The standard InChI is InChI=1S/C16H24N2OS/c1-3-18(12-13-8-10-17-11-9-13)16(19)14-6-4-5-7-15(14)20-2/h4-7,13,17H,3,8-12H2,1-2H3. The first-order valence-electron chi connectivity index (χ1n) is 7.39. The maximum atomic E-state index is 12.7. The Hall–Kier alpha value is -1.00. The van der Waals surface area contributed by atoms with Crippen molar-refractivity contribution in [3.05, 3.63) is 29.8 Å². The van der Waals surface area contributed by atoms with Gasteiger partial charge in [-0.2, -0.15) is 0 Å². The van der Waals surface area contributed by atoms with Crippen molar-refractivity contribution in [2.45, 2.75) is 24.7 Å². The molecule has 20 heavy (non-hydrogen) atoms. The predicted octanol–water partition coefficient (Wildman–Crippen LogP) is 2.87. The summed E-state index contributed by atoms with van der Waals surface area (Å²) in [5.41, 5.74) is 0.843. The molecule has 0 atom stereocenters. The molecule has 1 aromatic rings. The highest BCUT2D eigenvalue weighted by atomic mass is 32.2. The van der Waals surface area contributed by atoms with Gasteiger partial charge in [0.1, 0.15) is 0 Å². The van der Waals surface area contributed by atoms with Crippen LogP contribution in [0.15, 0.2) is 29.2 Å². The summed E-state index contributed by atoms with van der Waals surface area (Å²) in [6, 6.07) is 7.91. The molecule has 0 unspecified atom stereocenters. The lowest BCUT2D eigenvalue weighted by atomic mass is 9.97. The molecule has 0 aromatic heterocycles. The van der Waals surface area contributed by atoms with Gasteiger partial charge in [0.15, 0.2) is 0 Å². The minimum absolute atomic E-state index is 0.177. The van der Waals surface area contributed by atoms with Crippen molar-refractivity contribution in [1.29, 1.82) is 0 Å². The summed E-state index contributed by atoms with van der Waals surface area (Å²) in [6.45, 7) is 5.90. The van der Waals surface area contributed by atoms with Gasteiger partial charge >= 0.3 is 0 Å². The van der Waals surface area contributed by atoms with Gasteiger partial charge in [-0.15, -0.1) is 11.8 Å². The third kappa shape index (κ3) is 3.76. The second kappa shape index (κ2) is 7.70. The van der Waals surface area contributed by atoms with Crippen molar-refractivity contribution in [3.8, 4) is 0 Å². The third-order valence-corrected chi connectivity index (χ3v) is 4.74. The van der Waals surface area contributed by atoms with Crippen molar-refractivity contribution >= 4 is 17.7 Å². The fraction of sp³-hybridized carbons (Fsp3) is 0.562. The van der Waals surface area contributed by atoms with Crippen molar-refractivity contribution in [1.82, 2.24) is 10.2 Å². The van der Waals surface area contributed by atoms with E-state index in [1.807, 2.05) is 35.4 Å². The van der Waals surface area contributed by atoms with Crippen LogP contribution in [-0.2, 0) is 0 Å². The average Bonchev–Trinajstić information content (AvgIpc) is 2.53. The fourth-order valence-corrected chi connectivity index (χ4v) is 3.31. The van der Waals surface area contributed by atoms with Gasteiger partial charge in [-0.3, -0.25) is 4.79 Å². The summed E-state index contributed by atoms with van der Waals surface area (Å²) in [7, 11) is 0. The van der Waals surface area contributed by atoms with E-state index in [2.05, 4.69) is 12.2 Å². The van der Waals surface area contributed by atoms with Gasteiger partial charge in [-0.05, 0) is 57.2 Å². The molecule has 1 fully saturated rings. The van der Waals surface area contributed by atoms with E-state index in [0.29, 0.717) is 5.92 Å². The molecule has 1 saturated heterocycles. The lowest BCUT2D eigenvalue weighted by molar-refractivity contribution is 0.0723. The number of nitrogens with zero attached hydrogens (tertiary/aromatic N) is 1. The van der Waals surface area contributed by atoms with Crippen molar-refractivity contribution in [2.24, 2.45) is 5.92 Å². The number of piperidine rings is 1. The summed E-state index contributed by atoms with van der Waals surface area (Å²) >= 11 is 1.64. The fourth-order valence-electron chi connectivity index (χ4n) is 2.72. The highest BCUT2D eigenvalue weighted by molar-refractivity contribution is 7.98. The first-order valence-corrected chi connectivity index (χ1v) is 8.61. The van der Waals surface area contributed by atoms with E-state index in [4.69, 9.17) is 0 Å². The maximum Gasteiger partial charge on any atom is 0.254 e. The van der Waals surface area contributed by atoms with E-state index < -0.39 is 0 Å².